The van der Waals surface area contributed by atoms with Gasteiger partial charge in [0.15, 0.2) is 10.8 Å². The van der Waals surface area contributed by atoms with Crippen LogP contribution >= 0.6 is 0 Å². The number of methoxy groups -OCH3 is 1. The molecule has 7 nitrogen and oxygen atoms in total. The van der Waals surface area contributed by atoms with Crippen molar-refractivity contribution in [3.05, 3.63) is 65.7 Å². The summed E-state index contributed by atoms with van der Waals surface area (Å²) in [4.78, 5) is 0. The lowest BCUT2D eigenvalue weighted by Crippen LogP contribution is -2.70. The van der Waals surface area contributed by atoms with Gasteiger partial charge in [-0.2, -0.15) is 15.8 Å². The van der Waals surface area contributed by atoms with Crippen molar-refractivity contribution in [2.45, 2.75) is 24.7 Å². The highest BCUT2D eigenvalue weighted by atomic mass is 16.7. The molecule has 2 aromatic carbocycles. The molecule has 4 atom stereocenters. The van der Waals surface area contributed by atoms with Gasteiger partial charge in [-0.25, -0.2) is 0 Å². The van der Waals surface area contributed by atoms with Gasteiger partial charge in [-0.15, -0.1) is 0 Å². The zero-order valence-electron chi connectivity index (χ0n) is 16.4. The maximum absolute atomic E-state index is 10.3. The number of nitrogens with one attached hydrogen (secondary N) is 1. The summed E-state index contributed by atoms with van der Waals surface area (Å²) < 4.78 is 17.3. The minimum absolute atomic E-state index is 0.435. The number of hydrogen-bond acceptors (Lipinski definition) is 7. The Hall–Kier alpha value is -3.86. The van der Waals surface area contributed by atoms with E-state index >= 15 is 0 Å². The van der Waals surface area contributed by atoms with Crippen molar-refractivity contribution in [3.63, 3.8) is 0 Å². The second kappa shape index (κ2) is 6.59. The highest BCUT2D eigenvalue weighted by Gasteiger charge is 2.79. The van der Waals surface area contributed by atoms with E-state index in [9.17, 15) is 15.8 Å². The van der Waals surface area contributed by atoms with E-state index in [1.807, 2.05) is 6.07 Å². The van der Waals surface area contributed by atoms with Gasteiger partial charge in [0.05, 0.1) is 31.2 Å². The number of hydrogen-bond donors (Lipinski definition) is 1. The number of nitriles is 3. The molecule has 7 heteroatoms. The molecule has 0 aliphatic carbocycles. The average molecular weight is 398 g/mol. The van der Waals surface area contributed by atoms with Gasteiger partial charge in [0.2, 0.25) is 11.7 Å². The largest absolute Gasteiger partial charge is 0.497 e. The van der Waals surface area contributed by atoms with Crippen LogP contribution in [-0.2, 0) is 9.47 Å². The maximum Gasteiger partial charge on any atom is 0.219 e. The molecule has 3 saturated heterocycles. The van der Waals surface area contributed by atoms with E-state index in [-0.39, 0.29) is 0 Å². The van der Waals surface area contributed by atoms with Crippen LogP contribution in [-0.4, -0.2) is 18.8 Å². The van der Waals surface area contributed by atoms with E-state index < -0.39 is 34.5 Å². The molecule has 2 bridgehead atoms. The predicted molar refractivity (Wildman–Crippen MR) is 105 cm³/mol. The third kappa shape index (κ3) is 2.23. The van der Waals surface area contributed by atoms with Gasteiger partial charge in [0.25, 0.3) is 0 Å². The smallest absolute Gasteiger partial charge is 0.219 e. The summed E-state index contributed by atoms with van der Waals surface area (Å²) in [5.41, 5.74) is -2.68. The van der Waals surface area contributed by atoms with Crippen LogP contribution in [0.25, 0.3) is 0 Å². The standard InChI is InChI=1S/C23H18N4O3/c1-21-18(15-6-4-3-5-7-15)22(12-24,13-25)23(14-26,20(27)30-21)19(29-21)16-8-10-17(28-2)11-9-16/h3-11,18-19,27H,1-2H3/t18-,19-,21+,23+/m0/s1. The van der Waals surface area contributed by atoms with Gasteiger partial charge >= 0.3 is 0 Å². The molecule has 5 rings (SSSR count). The zero-order valence-corrected chi connectivity index (χ0v) is 16.4. The number of rotatable bonds is 3. The Morgan fingerprint density at radius 2 is 1.57 bits per heavy atom. The van der Waals surface area contributed by atoms with Crippen molar-refractivity contribution in [1.82, 2.24) is 0 Å². The van der Waals surface area contributed by atoms with Crippen molar-refractivity contribution in [3.8, 4) is 24.0 Å². The van der Waals surface area contributed by atoms with Crippen molar-refractivity contribution < 1.29 is 14.2 Å². The quantitative estimate of drug-likeness (QED) is 0.838. The van der Waals surface area contributed by atoms with Gasteiger partial charge < -0.3 is 14.2 Å². The van der Waals surface area contributed by atoms with Crippen molar-refractivity contribution in [2.75, 3.05) is 7.11 Å². The fourth-order valence-corrected chi connectivity index (χ4v) is 4.71. The van der Waals surface area contributed by atoms with Crippen LogP contribution in [0.1, 0.15) is 30.1 Å². The Labute approximate surface area is 174 Å². The summed E-state index contributed by atoms with van der Waals surface area (Å²) in [5, 5.41) is 39.5. The molecular weight excluding hydrogens is 380 g/mol. The number of ether oxygens (including phenoxy) is 3. The molecule has 0 spiro atoms. The molecular formula is C23H18N4O3. The summed E-state index contributed by atoms with van der Waals surface area (Å²) in [6, 6.07) is 22.0. The minimum atomic E-state index is -1.96. The molecule has 0 unspecified atom stereocenters. The van der Waals surface area contributed by atoms with Gasteiger partial charge in [-0.3, -0.25) is 5.41 Å². The lowest BCUT2D eigenvalue weighted by molar-refractivity contribution is -0.323. The molecule has 2 aromatic rings. The number of fused-ring (bicyclic) bond motifs is 3. The summed E-state index contributed by atoms with van der Waals surface area (Å²) in [5.74, 6) is -2.22. The molecule has 30 heavy (non-hydrogen) atoms. The summed E-state index contributed by atoms with van der Waals surface area (Å²) in [6.07, 6.45) is -1.04. The van der Waals surface area contributed by atoms with Crippen LogP contribution in [0.4, 0.5) is 0 Å². The Kier molecular flexibility index (Phi) is 4.28. The minimum Gasteiger partial charge on any atom is -0.497 e. The number of nitrogens with zero attached hydrogens (tertiary/aromatic N) is 3. The van der Waals surface area contributed by atoms with E-state index in [0.29, 0.717) is 16.9 Å². The Morgan fingerprint density at radius 1 is 0.933 bits per heavy atom. The van der Waals surface area contributed by atoms with Crippen LogP contribution in [0.3, 0.4) is 0 Å². The third-order valence-electron chi connectivity index (χ3n) is 6.07. The SMILES string of the molecule is COc1ccc([C@@H]2O[C@]3(C)OC(=N)[C@]2(C#N)C(C#N)(C#N)[C@H]3c2ccccc2)cc1. The van der Waals surface area contributed by atoms with E-state index in [2.05, 4.69) is 18.2 Å². The molecule has 0 amide bonds. The van der Waals surface area contributed by atoms with Crippen LogP contribution in [0.5, 0.6) is 5.75 Å². The first-order valence-electron chi connectivity index (χ1n) is 9.31. The lowest BCUT2D eigenvalue weighted by Gasteiger charge is -2.61. The fourth-order valence-electron chi connectivity index (χ4n) is 4.71. The van der Waals surface area contributed by atoms with Gasteiger partial charge in [-0.05, 0) is 23.3 Å². The van der Waals surface area contributed by atoms with Crippen LogP contribution in [0, 0.1) is 50.2 Å². The van der Waals surface area contributed by atoms with E-state index in [1.165, 1.54) is 7.11 Å². The fraction of sp³-hybridized carbons (Fsp3) is 0.304. The molecule has 0 aromatic heterocycles. The monoisotopic (exact) mass is 398 g/mol. The second-order valence-corrected chi connectivity index (χ2v) is 7.51. The summed E-state index contributed by atoms with van der Waals surface area (Å²) in [6.45, 7) is 1.61. The highest BCUT2D eigenvalue weighted by molar-refractivity contribution is 5.89. The van der Waals surface area contributed by atoms with Gasteiger partial charge in [0, 0.05) is 6.92 Å². The molecule has 3 heterocycles. The van der Waals surface area contributed by atoms with Crippen molar-refractivity contribution >= 4 is 5.90 Å². The predicted octanol–water partition coefficient (Wildman–Crippen LogP) is 3.82. The van der Waals surface area contributed by atoms with Crippen molar-refractivity contribution in [1.29, 1.82) is 21.2 Å². The number of benzene rings is 2. The van der Waals surface area contributed by atoms with Crippen LogP contribution in [0.2, 0.25) is 0 Å². The zero-order chi connectivity index (χ0) is 21.6. The Morgan fingerprint density at radius 3 is 2.10 bits per heavy atom. The third-order valence-corrected chi connectivity index (χ3v) is 6.07. The maximum atomic E-state index is 10.3. The van der Waals surface area contributed by atoms with E-state index in [0.717, 1.165) is 0 Å². The summed E-state index contributed by atoms with van der Waals surface area (Å²) >= 11 is 0. The normalized spacial score (nSPS) is 31.0. The van der Waals surface area contributed by atoms with Gasteiger partial charge in [-0.1, -0.05) is 42.5 Å². The topological polar surface area (TPSA) is 123 Å². The molecule has 3 fully saturated rings. The van der Waals surface area contributed by atoms with E-state index in [1.54, 1.807) is 55.5 Å². The molecule has 0 saturated carbocycles. The molecule has 3 aliphatic rings. The van der Waals surface area contributed by atoms with E-state index in [4.69, 9.17) is 19.6 Å². The molecule has 148 valence electrons. The molecule has 3 aliphatic heterocycles. The van der Waals surface area contributed by atoms with Crippen LogP contribution in [0.15, 0.2) is 54.6 Å². The molecule has 1 N–H and O–H groups in total. The first kappa shape index (κ1) is 19.5. The van der Waals surface area contributed by atoms with Crippen LogP contribution < -0.4 is 4.74 Å². The Bertz CT molecular complexity index is 1110. The summed E-state index contributed by atoms with van der Waals surface area (Å²) in [7, 11) is 1.54. The lowest BCUT2D eigenvalue weighted by atomic mass is 9.49. The molecule has 0 radical (unpaired) electrons. The van der Waals surface area contributed by atoms with Gasteiger partial charge in [0.1, 0.15) is 11.9 Å². The second-order valence-electron chi connectivity index (χ2n) is 7.51. The van der Waals surface area contributed by atoms with Crippen molar-refractivity contribution in [2.24, 2.45) is 10.8 Å². The first-order valence-corrected chi connectivity index (χ1v) is 9.31. The first-order chi connectivity index (χ1) is 14.4. The highest BCUT2D eigenvalue weighted by Crippen LogP contribution is 2.69. The Balaban J connectivity index is 2.00. The average Bonchev–Trinajstić information content (AvgIpc) is 2.78.